The zero-order valence-electron chi connectivity index (χ0n) is 8.96. The minimum Gasteiger partial charge on any atom is -0.379 e. The Kier molecular flexibility index (Phi) is 3.96. The minimum atomic E-state index is -0.0780. The van der Waals surface area contributed by atoms with E-state index in [0.717, 1.165) is 18.7 Å². The summed E-state index contributed by atoms with van der Waals surface area (Å²) in [5.74, 6) is 0.473. The van der Waals surface area contributed by atoms with Gasteiger partial charge < -0.3 is 9.30 Å². The summed E-state index contributed by atoms with van der Waals surface area (Å²) in [7, 11) is 1.73. The molecule has 0 aliphatic carbocycles. The number of ether oxygens (including phenoxy) is 1. The van der Waals surface area contributed by atoms with Crippen LogP contribution in [0.25, 0.3) is 0 Å². The van der Waals surface area contributed by atoms with Gasteiger partial charge in [0.15, 0.2) is 0 Å². The third-order valence-electron chi connectivity index (χ3n) is 2.35. The van der Waals surface area contributed by atoms with E-state index in [0.29, 0.717) is 5.88 Å². The van der Waals surface area contributed by atoms with E-state index in [9.17, 15) is 0 Å². The van der Waals surface area contributed by atoms with Crippen molar-refractivity contribution >= 4 is 11.6 Å². The Hall–Kier alpha value is -0.540. The van der Waals surface area contributed by atoms with Gasteiger partial charge in [-0.25, -0.2) is 4.98 Å². The van der Waals surface area contributed by atoms with Crippen LogP contribution in [0.15, 0.2) is 12.5 Å². The molecule has 0 atom stereocenters. The maximum absolute atomic E-state index is 5.66. The molecule has 1 aromatic rings. The Morgan fingerprint density at radius 3 is 2.79 bits per heavy atom. The monoisotopic (exact) mass is 216 g/mol. The van der Waals surface area contributed by atoms with Gasteiger partial charge in [0, 0.05) is 19.9 Å². The molecular weight excluding hydrogens is 200 g/mol. The van der Waals surface area contributed by atoms with Crippen LogP contribution in [0, 0.1) is 0 Å². The van der Waals surface area contributed by atoms with E-state index < -0.39 is 0 Å². The van der Waals surface area contributed by atoms with Crippen molar-refractivity contribution in [2.75, 3.05) is 7.11 Å². The van der Waals surface area contributed by atoms with Crippen LogP contribution >= 0.6 is 11.6 Å². The highest BCUT2D eigenvalue weighted by Crippen LogP contribution is 2.14. The zero-order valence-corrected chi connectivity index (χ0v) is 9.71. The smallest absolute Gasteiger partial charge is 0.0949 e. The second-order valence-corrected chi connectivity index (χ2v) is 4.22. The molecule has 0 amide bonds. The molecule has 0 aliphatic heterocycles. The van der Waals surface area contributed by atoms with Gasteiger partial charge in [-0.3, -0.25) is 0 Å². The molecular formula is C10H17ClN2O. The first-order valence-electron chi connectivity index (χ1n) is 4.69. The van der Waals surface area contributed by atoms with Crippen LogP contribution in [0.1, 0.15) is 26.0 Å². The molecule has 0 aromatic carbocycles. The summed E-state index contributed by atoms with van der Waals surface area (Å²) in [6.45, 7) is 5.06. The predicted molar refractivity (Wildman–Crippen MR) is 57.5 cm³/mol. The van der Waals surface area contributed by atoms with Gasteiger partial charge in [0.1, 0.15) is 0 Å². The van der Waals surface area contributed by atoms with Crippen molar-refractivity contribution in [3.05, 3.63) is 18.2 Å². The van der Waals surface area contributed by atoms with Crippen molar-refractivity contribution in [2.45, 2.75) is 38.3 Å². The number of hydrogen-bond acceptors (Lipinski definition) is 2. The van der Waals surface area contributed by atoms with Gasteiger partial charge in [-0.1, -0.05) is 0 Å². The van der Waals surface area contributed by atoms with E-state index in [4.69, 9.17) is 16.3 Å². The van der Waals surface area contributed by atoms with Crippen LogP contribution in [0.2, 0.25) is 0 Å². The molecule has 4 heteroatoms. The van der Waals surface area contributed by atoms with Crippen molar-refractivity contribution in [1.29, 1.82) is 0 Å². The summed E-state index contributed by atoms with van der Waals surface area (Å²) >= 11 is 5.66. The average Bonchev–Trinajstić information content (AvgIpc) is 2.63. The molecule has 0 radical (unpaired) electrons. The second kappa shape index (κ2) is 4.80. The van der Waals surface area contributed by atoms with Crippen molar-refractivity contribution in [1.82, 2.24) is 9.55 Å². The highest BCUT2D eigenvalue weighted by atomic mass is 35.5. The van der Waals surface area contributed by atoms with Crippen LogP contribution in [-0.4, -0.2) is 22.3 Å². The lowest BCUT2D eigenvalue weighted by Gasteiger charge is -2.22. The normalized spacial score (nSPS) is 12.0. The van der Waals surface area contributed by atoms with Gasteiger partial charge in [0.25, 0.3) is 0 Å². The highest BCUT2D eigenvalue weighted by molar-refractivity contribution is 6.16. The molecule has 0 fully saturated rings. The first-order valence-corrected chi connectivity index (χ1v) is 5.22. The third-order valence-corrected chi connectivity index (χ3v) is 2.62. The number of halogens is 1. The Labute approximate surface area is 90.0 Å². The van der Waals surface area contributed by atoms with Crippen molar-refractivity contribution in [3.63, 3.8) is 0 Å². The topological polar surface area (TPSA) is 27.1 Å². The fourth-order valence-electron chi connectivity index (χ4n) is 1.10. The number of hydrogen-bond donors (Lipinski definition) is 0. The number of methoxy groups -OCH3 is 1. The molecule has 0 saturated heterocycles. The Morgan fingerprint density at radius 1 is 1.57 bits per heavy atom. The molecule has 80 valence electrons. The first-order chi connectivity index (χ1) is 6.57. The SMILES string of the molecule is COC(C)(C)CCn1cnc(CCl)c1. The molecule has 0 spiro atoms. The standard InChI is InChI=1S/C10H17ClN2O/c1-10(2,14-3)4-5-13-7-9(6-11)12-8-13/h7-8H,4-6H2,1-3H3. The van der Waals surface area contributed by atoms with Crippen LogP contribution in [0.4, 0.5) is 0 Å². The minimum absolute atomic E-state index is 0.0780. The molecule has 3 nitrogen and oxygen atoms in total. The fourth-order valence-corrected chi connectivity index (χ4v) is 1.24. The summed E-state index contributed by atoms with van der Waals surface area (Å²) in [5.41, 5.74) is 0.840. The lowest BCUT2D eigenvalue weighted by molar-refractivity contribution is 0.0120. The largest absolute Gasteiger partial charge is 0.379 e. The number of aromatic nitrogens is 2. The van der Waals surface area contributed by atoms with E-state index in [2.05, 4.69) is 18.8 Å². The summed E-state index contributed by atoms with van der Waals surface area (Å²) in [6.07, 6.45) is 4.74. The summed E-state index contributed by atoms with van der Waals surface area (Å²) in [4.78, 5) is 4.15. The van der Waals surface area contributed by atoms with E-state index in [-0.39, 0.29) is 5.60 Å². The molecule has 0 aliphatic rings. The van der Waals surface area contributed by atoms with Gasteiger partial charge in [-0.2, -0.15) is 0 Å². The van der Waals surface area contributed by atoms with Gasteiger partial charge in [0.2, 0.25) is 0 Å². The van der Waals surface area contributed by atoms with Gasteiger partial charge in [0.05, 0.1) is 23.5 Å². The number of imidazole rings is 1. The van der Waals surface area contributed by atoms with Crippen LogP contribution < -0.4 is 0 Å². The van der Waals surface area contributed by atoms with Crippen molar-refractivity contribution in [3.8, 4) is 0 Å². The lowest BCUT2D eigenvalue weighted by atomic mass is 10.1. The number of rotatable bonds is 5. The lowest BCUT2D eigenvalue weighted by Crippen LogP contribution is -2.24. The summed E-state index contributed by atoms with van der Waals surface area (Å²) in [5, 5.41) is 0. The molecule has 0 N–H and O–H groups in total. The van der Waals surface area contributed by atoms with Gasteiger partial charge >= 0.3 is 0 Å². The highest BCUT2D eigenvalue weighted by Gasteiger charge is 2.15. The van der Waals surface area contributed by atoms with Gasteiger partial charge in [-0.05, 0) is 20.3 Å². The fraction of sp³-hybridized carbons (Fsp3) is 0.700. The quantitative estimate of drug-likeness (QED) is 0.707. The number of aryl methyl sites for hydroxylation is 1. The Balaban J connectivity index is 2.45. The predicted octanol–water partition coefficient (Wildman–Crippen LogP) is 2.44. The van der Waals surface area contributed by atoms with Crippen molar-refractivity contribution < 1.29 is 4.74 Å². The molecule has 0 bridgehead atoms. The van der Waals surface area contributed by atoms with Gasteiger partial charge in [-0.15, -0.1) is 11.6 Å². The molecule has 1 heterocycles. The van der Waals surface area contributed by atoms with Crippen molar-refractivity contribution in [2.24, 2.45) is 0 Å². The summed E-state index contributed by atoms with van der Waals surface area (Å²) in [6, 6.07) is 0. The molecule has 14 heavy (non-hydrogen) atoms. The van der Waals surface area contributed by atoms with E-state index >= 15 is 0 Å². The van der Waals surface area contributed by atoms with E-state index in [1.165, 1.54) is 0 Å². The third kappa shape index (κ3) is 3.31. The molecule has 0 saturated carbocycles. The van der Waals surface area contributed by atoms with Crippen LogP contribution in [-0.2, 0) is 17.2 Å². The molecule has 0 unspecified atom stereocenters. The first kappa shape index (κ1) is 11.5. The molecule has 1 rings (SSSR count). The second-order valence-electron chi connectivity index (χ2n) is 3.95. The van der Waals surface area contributed by atoms with Crippen LogP contribution in [0.3, 0.4) is 0 Å². The van der Waals surface area contributed by atoms with E-state index in [1.807, 2.05) is 17.1 Å². The zero-order chi connectivity index (χ0) is 10.6. The van der Waals surface area contributed by atoms with Crippen LogP contribution in [0.5, 0.6) is 0 Å². The maximum Gasteiger partial charge on any atom is 0.0949 e. The summed E-state index contributed by atoms with van der Waals surface area (Å²) < 4.78 is 7.37. The average molecular weight is 217 g/mol. The Bertz CT molecular complexity index is 283. The molecule has 1 aromatic heterocycles. The number of nitrogens with zero attached hydrogens (tertiary/aromatic N) is 2. The number of alkyl halides is 1. The van der Waals surface area contributed by atoms with E-state index in [1.54, 1.807) is 7.11 Å². The Morgan fingerprint density at radius 2 is 2.29 bits per heavy atom. The maximum atomic E-state index is 5.66.